The molecule has 6 heteroatoms. The van der Waals surface area contributed by atoms with E-state index in [2.05, 4.69) is 41.9 Å². The standard InChI is InChI=1S/C22H36N4O2/c1-16(2)17-10-12-18(13-11-17)20(23)15-25-21(27)9-6-14-24-22(28)26-19-7-4-3-5-8-19/h10-13,16,19-20H,3-9,14-15,23H2,1-2H3,(H,25,27)(H2,24,26,28). The Morgan fingerprint density at radius 3 is 2.32 bits per heavy atom. The van der Waals surface area contributed by atoms with Crippen LogP contribution in [-0.2, 0) is 4.79 Å². The van der Waals surface area contributed by atoms with Gasteiger partial charge in [0.25, 0.3) is 0 Å². The molecule has 1 atom stereocenters. The van der Waals surface area contributed by atoms with Gasteiger partial charge in [-0.1, -0.05) is 57.4 Å². The fraction of sp³-hybridized carbons (Fsp3) is 0.636. The summed E-state index contributed by atoms with van der Waals surface area (Å²) >= 11 is 0. The third-order valence-electron chi connectivity index (χ3n) is 5.36. The van der Waals surface area contributed by atoms with Crippen LogP contribution in [0.5, 0.6) is 0 Å². The molecule has 1 aliphatic carbocycles. The van der Waals surface area contributed by atoms with Gasteiger partial charge < -0.3 is 21.7 Å². The summed E-state index contributed by atoms with van der Waals surface area (Å²) in [5, 5.41) is 8.72. The number of amides is 3. The molecule has 2 rings (SSSR count). The van der Waals surface area contributed by atoms with E-state index in [0.717, 1.165) is 18.4 Å². The minimum Gasteiger partial charge on any atom is -0.354 e. The summed E-state index contributed by atoms with van der Waals surface area (Å²) in [6.45, 7) is 5.22. The number of hydrogen-bond acceptors (Lipinski definition) is 3. The maximum atomic E-state index is 12.0. The van der Waals surface area contributed by atoms with Crippen LogP contribution in [0.25, 0.3) is 0 Å². The Morgan fingerprint density at radius 1 is 1.04 bits per heavy atom. The Morgan fingerprint density at radius 2 is 1.68 bits per heavy atom. The van der Waals surface area contributed by atoms with Gasteiger partial charge in [0.05, 0.1) is 0 Å². The molecular weight excluding hydrogens is 352 g/mol. The first-order chi connectivity index (χ1) is 13.5. The Balaban J connectivity index is 1.57. The highest BCUT2D eigenvalue weighted by molar-refractivity contribution is 5.76. The zero-order valence-electron chi connectivity index (χ0n) is 17.3. The molecule has 0 aromatic heterocycles. The van der Waals surface area contributed by atoms with E-state index >= 15 is 0 Å². The lowest BCUT2D eigenvalue weighted by Crippen LogP contribution is -2.43. The molecule has 156 valence electrons. The van der Waals surface area contributed by atoms with Crippen molar-refractivity contribution in [3.63, 3.8) is 0 Å². The van der Waals surface area contributed by atoms with E-state index in [4.69, 9.17) is 5.73 Å². The molecule has 1 aromatic rings. The SMILES string of the molecule is CC(C)c1ccc(C(N)CNC(=O)CCCNC(=O)NC2CCCCC2)cc1. The molecule has 1 saturated carbocycles. The zero-order chi connectivity index (χ0) is 20.4. The molecular formula is C22H36N4O2. The smallest absolute Gasteiger partial charge is 0.315 e. The normalized spacial score (nSPS) is 15.9. The van der Waals surface area contributed by atoms with Crippen LogP contribution in [0.4, 0.5) is 4.79 Å². The van der Waals surface area contributed by atoms with Crippen molar-refractivity contribution >= 4 is 11.9 Å². The molecule has 1 aliphatic rings. The maximum absolute atomic E-state index is 12.0. The summed E-state index contributed by atoms with van der Waals surface area (Å²) in [7, 11) is 0. The van der Waals surface area contributed by atoms with Crippen molar-refractivity contribution in [1.82, 2.24) is 16.0 Å². The number of urea groups is 1. The van der Waals surface area contributed by atoms with Crippen LogP contribution in [-0.4, -0.2) is 31.1 Å². The summed E-state index contributed by atoms with van der Waals surface area (Å²) in [6, 6.07) is 8.19. The van der Waals surface area contributed by atoms with Crippen LogP contribution in [0.15, 0.2) is 24.3 Å². The zero-order valence-corrected chi connectivity index (χ0v) is 17.3. The van der Waals surface area contributed by atoms with Gasteiger partial charge in [0.15, 0.2) is 0 Å². The third-order valence-corrected chi connectivity index (χ3v) is 5.36. The highest BCUT2D eigenvalue weighted by Crippen LogP contribution is 2.18. The monoisotopic (exact) mass is 388 g/mol. The van der Waals surface area contributed by atoms with Crippen molar-refractivity contribution in [2.45, 2.75) is 76.8 Å². The summed E-state index contributed by atoms with van der Waals surface area (Å²) in [4.78, 5) is 23.8. The summed E-state index contributed by atoms with van der Waals surface area (Å²) < 4.78 is 0. The van der Waals surface area contributed by atoms with Gasteiger partial charge in [0.1, 0.15) is 0 Å². The Kier molecular flexibility index (Phi) is 9.28. The van der Waals surface area contributed by atoms with Crippen molar-refractivity contribution in [3.05, 3.63) is 35.4 Å². The van der Waals surface area contributed by atoms with Crippen LogP contribution >= 0.6 is 0 Å². The van der Waals surface area contributed by atoms with Crippen molar-refractivity contribution in [1.29, 1.82) is 0 Å². The lowest BCUT2D eigenvalue weighted by atomic mass is 9.96. The van der Waals surface area contributed by atoms with Gasteiger partial charge in [-0.25, -0.2) is 4.79 Å². The first-order valence-corrected chi connectivity index (χ1v) is 10.6. The average molecular weight is 389 g/mol. The number of hydrogen-bond donors (Lipinski definition) is 4. The minimum absolute atomic E-state index is 0.0382. The molecule has 0 spiro atoms. The quantitative estimate of drug-likeness (QED) is 0.489. The van der Waals surface area contributed by atoms with Crippen molar-refractivity contribution in [2.24, 2.45) is 5.73 Å². The molecule has 0 heterocycles. The molecule has 0 bridgehead atoms. The molecule has 1 fully saturated rings. The number of benzene rings is 1. The molecule has 6 nitrogen and oxygen atoms in total. The van der Waals surface area contributed by atoms with Crippen LogP contribution in [0.2, 0.25) is 0 Å². The van der Waals surface area contributed by atoms with E-state index in [1.807, 2.05) is 12.1 Å². The number of carbonyl (C=O) groups excluding carboxylic acids is 2. The average Bonchev–Trinajstić information content (AvgIpc) is 2.70. The second-order valence-corrected chi connectivity index (χ2v) is 8.07. The highest BCUT2D eigenvalue weighted by atomic mass is 16.2. The number of nitrogens with two attached hydrogens (primary N) is 1. The van der Waals surface area contributed by atoms with Gasteiger partial charge in [-0.15, -0.1) is 0 Å². The largest absolute Gasteiger partial charge is 0.354 e. The van der Waals surface area contributed by atoms with Gasteiger partial charge in [0, 0.05) is 31.6 Å². The van der Waals surface area contributed by atoms with Gasteiger partial charge >= 0.3 is 6.03 Å². The highest BCUT2D eigenvalue weighted by Gasteiger charge is 2.15. The van der Waals surface area contributed by atoms with Crippen molar-refractivity contribution < 1.29 is 9.59 Å². The fourth-order valence-electron chi connectivity index (χ4n) is 3.49. The fourth-order valence-corrected chi connectivity index (χ4v) is 3.49. The van der Waals surface area contributed by atoms with E-state index in [9.17, 15) is 9.59 Å². The number of nitrogens with one attached hydrogen (secondary N) is 3. The predicted molar refractivity (Wildman–Crippen MR) is 113 cm³/mol. The third kappa shape index (κ3) is 7.89. The molecule has 0 radical (unpaired) electrons. The lowest BCUT2D eigenvalue weighted by molar-refractivity contribution is -0.121. The van der Waals surface area contributed by atoms with Crippen LogP contribution in [0, 0.1) is 0 Å². The molecule has 0 saturated heterocycles. The molecule has 0 aliphatic heterocycles. The van der Waals surface area contributed by atoms with E-state index in [1.54, 1.807) is 0 Å². The van der Waals surface area contributed by atoms with E-state index < -0.39 is 0 Å². The minimum atomic E-state index is -0.218. The number of rotatable bonds is 9. The molecule has 5 N–H and O–H groups in total. The Labute approximate surface area is 169 Å². The summed E-state index contributed by atoms with van der Waals surface area (Å²) in [5.41, 5.74) is 8.47. The van der Waals surface area contributed by atoms with E-state index in [0.29, 0.717) is 37.9 Å². The van der Waals surface area contributed by atoms with Gasteiger partial charge in [-0.3, -0.25) is 4.79 Å². The summed E-state index contributed by atoms with van der Waals surface area (Å²) in [5.74, 6) is 0.451. The van der Waals surface area contributed by atoms with Crippen LogP contribution < -0.4 is 21.7 Å². The number of carbonyl (C=O) groups is 2. The van der Waals surface area contributed by atoms with Gasteiger partial charge in [-0.2, -0.15) is 0 Å². The van der Waals surface area contributed by atoms with Crippen molar-refractivity contribution in [3.8, 4) is 0 Å². The predicted octanol–water partition coefficient (Wildman–Crippen LogP) is 3.34. The van der Waals surface area contributed by atoms with Crippen LogP contribution in [0.3, 0.4) is 0 Å². The van der Waals surface area contributed by atoms with E-state index in [-0.39, 0.29) is 18.0 Å². The van der Waals surface area contributed by atoms with E-state index in [1.165, 1.54) is 24.8 Å². The lowest BCUT2D eigenvalue weighted by Gasteiger charge is -2.22. The summed E-state index contributed by atoms with van der Waals surface area (Å²) in [6.07, 6.45) is 6.77. The Hall–Kier alpha value is -2.08. The molecule has 3 amide bonds. The second kappa shape index (κ2) is 11.7. The van der Waals surface area contributed by atoms with Gasteiger partial charge in [0.2, 0.25) is 5.91 Å². The molecule has 1 unspecified atom stereocenters. The van der Waals surface area contributed by atoms with Crippen LogP contribution in [0.1, 0.15) is 81.9 Å². The topological polar surface area (TPSA) is 96.2 Å². The van der Waals surface area contributed by atoms with Crippen molar-refractivity contribution in [2.75, 3.05) is 13.1 Å². The van der Waals surface area contributed by atoms with Gasteiger partial charge in [-0.05, 0) is 36.3 Å². The first-order valence-electron chi connectivity index (χ1n) is 10.6. The molecule has 1 aromatic carbocycles. The molecule has 28 heavy (non-hydrogen) atoms. The first kappa shape index (κ1) is 22.2. The Bertz CT molecular complexity index is 609. The second-order valence-electron chi connectivity index (χ2n) is 8.07. The maximum Gasteiger partial charge on any atom is 0.315 e.